The second-order valence-electron chi connectivity index (χ2n) is 7.05. The zero-order valence-corrected chi connectivity index (χ0v) is 18.3. The van der Waals surface area contributed by atoms with E-state index in [4.69, 9.17) is 18.9 Å². The molecule has 2 aromatic carbocycles. The molecule has 1 aliphatic rings. The molecule has 0 atom stereocenters. The molecule has 2 amide bonds. The van der Waals surface area contributed by atoms with Crippen molar-refractivity contribution < 1.29 is 28.5 Å². The van der Waals surface area contributed by atoms with Gasteiger partial charge in [-0.25, -0.2) is 0 Å². The highest BCUT2D eigenvalue weighted by Gasteiger charge is 2.27. The third-order valence-electron chi connectivity index (χ3n) is 5.34. The number of rotatable bonds is 6. The van der Waals surface area contributed by atoms with E-state index in [1.54, 1.807) is 53.3 Å². The number of nitrogens with zero attached hydrogens (tertiary/aromatic N) is 2. The maximum absolute atomic E-state index is 13.2. The van der Waals surface area contributed by atoms with Crippen LogP contribution in [0.3, 0.4) is 0 Å². The number of amides is 2. The summed E-state index contributed by atoms with van der Waals surface area (Å²) in [5, 5.41) is 0. The average molecular weight is 428 g/mol. The number of carbonyl (C=O) groups is 2. The van der Waals surface area contributed by atoms with Gasteiger partial charge >= 0.3 is 0 Å². The fourth-order valence-electron chi connectivity index (χ4n) is 3.70. The van der Waals surface area contributed by atoms with Crippen LogP contribution in [-0.2, 0) is 0 Å². The molecule has 0 saturated carbocycles. The summed E-state index contributed by atoms with van der Waals surface area (Å²) < 4.78 is 21.3. The van der Waals surface area contributed by atoms with Gasteiger partial charge in [-0.3, -0.25) is 9.59 Å². The lowest BCUT2D eigenvalue weighted by atomic mass is 10.1. The fourth-order valence-corrected chi connectivity index (χ4v) is 3.70. The molecular weight excluding hydrogens is 400 g/mol. The van der Waals surface area contributed by atoms with E-state index >= 15 is 0 Å². The number of benzene rings is 2. The van der Waals surface area contributed by atoms with E-state index in [9.17, 15) is 9.59 Å². The van der Waals surface area contributed by atoms with Crippen molar-refractivity contribution in [1.29, 1.82) is 0 Å². The Morgan fingerprint density at radius 1 is 0.677 bits per heavy atom. The van der Waals surface area contributed by atoms with E-state index in [1.807, 2.05) is 0 Å². The molecule has 1 heterocycles. The highest BCUT2D eigenvalue weighted by Crippen LogP contribution is 2.30. The van der Waals surface area contributed by atoms with Gasteiger partial charge in [0.1, 0.15) is 17.1 Å². The summed E-state index contributed by atoms with van der Waals surface area (Å²) in [6.07, 6.45) is 0.669. The molecule has 8 heteroatoms. The van der Waals surface area contributed by atoms with Crippen LogP contribution in [0.15, 0.2) is 36.4 Å². The lowest BCUT2D eigenvalue weighted by Crippen LogP contribution is -2.37. The minimum atomic E-state index is -0.172. The topological polar surface area (TPSA) is 77.5 Å². The van der Waals surface area contributed by atoms with E-state index in [1.165, 1.54) is 21.3 Å². The van der Waals surface area contributed by atoms with Crippen molar-refractivity contribution in [2.75, 3.05) is 54.6 Å². The lowest BCUT2D eigenvalue weighted by Gasteiger charge is -2.24. The summed E-state index contributed by atoms with van der Waals surface area (Å²) in [5.74, 6) is 1.72. The third-order valence-corrected chi connectivity index (χ3v) is 5.34. The van der Waals surface area contributed by atoms with E-state index in [0.29, 0.717) is 66.7 Å². The van der Waals surface area contributed by atoms with Crippen LogP contribution in [-0.4, -0.2) is 76.2 Å². The highest BCUT2D eigenvalue weighted by molar-refractivity contribution is 6.00. The first-order valence-electron chi connectivity index (χ1n) is 10.1. The van der Waals surface area contributed by atoms with Crippen LogP contribution in [0, 0.1) is 0 Å². The maximum Gasteiger partial charge on any atom is 0.261 e. The number of hydrogen-bond acceptors (Lipinski definition) is 6. The first kappa shape index (κ1) is 22.3. The van der Waals surface area contributed by atoms with Gasteiger partial charge in [-0.05, 0) is 36.8 Å². The van der Waals surface area contributed by atoms with Crippen molar-refractivity contribution in [3.63, 3.8) is 0 Å². The molecule has 1 aliphatic heterocycles. The normalized spacial score (nSPS) is 13.9. The Labute approximate surface area is 182 Å². The third kappa shape index (κ3) is 4.68. The Morgan fingerprint density at radius 2 is 1.23 bits per heavy atom. The van der Waals surface area contributed by atoms with E-state index in [0.717, 1.165) is 0 Å². The fraction of sp³-hybridized carbons (Fsp3) is 0.391. The van der Waals surface area contributed by atoms with Crippen LogP contribution >= 0.6 is 0 Å². The number of carbonyl (C=O) groups excluding carboxylic acids is 2. The maximum atomic E-state index is 13.2. The van der Waals surface area contributed by atoms with Crippen LogP contribution in [0.25, 0.3) is 0 Å². The molecule has 31 heavy (non-hydrogen) atoms. The summed E-state index contributed by atoms with van der Waals surface area (Å²) >= 11 is 0. The second kappa shape index (κ2) is 10.1. The minimum Gasteiger partial charge on any atom is -0.496 e. The molecule has 2 aromatic rings. The van der Waals surface area contributed by atoms with Crippen molar-refractivity contribution in [3.8, 4) is 23.0 Å². The van der Waals surface area contributed by atoms with Gasteiger partial charge < -0.3 is 28.7 Å². The molecule has 0 N–H and O–H groups in total. The molecule has 0 aromatic heterocycles. The predicted octanol–water partition coefficient (Wildman–Crippen LogP) is 2.71. The van der Waals surface area contributed by atoms with Gasteiger partial charge in [-0.1, -0.05) is 6.07 Å². The van der Waals surface area contributed by atoms with Crippen LogP contribution < -0.4 is 18.9 Å². The van der Waals surface area contributed by atoms with Crippen molar-refractivity contribution >= 4 is 11.8 Å². The molecule has 3 rings (SSSR count). The molecule has 0 spiro atoms. The molecular formula is C23H28N2O6. The van der Waals surface area contributed by atoms with Crippen molar-refractivity contribution in [2.45, 2.75) is 6.42 Å². The SMILES string of the molecule is COc1ccc(C(=O)N2CCCN(C(=O)c3c(OC)cccc3OC)CC2)cc1OC. The number of hydrogen-bond donors (Lipinski definition) is 0. The van der Waals surface area contributed by atoms with Gasteiger partial charge in [0.25, 0.3) is 11.8 Å². The molecule has 0 aliphatic carbocycles. The zero-order chi connectivity index (χ0) is 22.4. The quantitative estimate of drug-likeness (QED) is 0.704. The molecule has 0 unspecified atom stereocenters. The van der Waals surface area contributed by atoms with E-state index in [-0.39, 0.29) is 11.8 Å². The summed E-state index contributed by atoms with van der Waals surface area (Å²) in [6, 6.07) is 10.4. The monoisotopic (exact) mass is 428 g/mol. The summed E-state index contributed by atoms with van der Waals surface area (Å²) in [4.78, 5) is 29.8. The summed E-state index contributed by atoms with van der Waals surface area (Å²) in [5.41, 5.74) is 0.913. The standard InChI is InChI=1S/C23H28N2O6/c1-28-17-10-9-16(15-20(17)31-4)22(26)24-11-6-12-25(14-13-24)23(27)21-18(29-2)7-5-8-19(21)30-3/h5,7-10,15H,6,11-14H2,1-4H3. The molecule has 0 radical (unpaired) electrons. The Kier molecular flexibility index (Phi) is 7.23. The lowest BCUT2D eigenvalue weighted by molar-refractivity contribution is 0.0714. The van der Waals surface area contributed by atoms with E-state index < -0.39 is 0 Å². The molecule has 166 valence electrons. The van der Waals surface area contributed by atoms with Crippen LogP contribution in [0.1, 0.15) is 27.1 Å². The van der Waals surface area contributed by atoms with Gasteiger partial charge in [-0.2, -0.15) is 0 Å². The number of methoxy groups -OCH3 is 4. The Hall–Kier alpha value is -3.42. The summed E-state index contributed by atoms with van der Waals surface area (Å²) in [7, 11) is 6.14. The van der Waals surface area contributed by atoms with Crippen LogP contribution in [0.4, 0.5) is 0 Å². The Morgan fingerprint density at radius 3 is 1.77 bits per heavy atom. The predicted molar refractivity (Wildman–Crippen MR) is 116 cm³/mol. The smallest absolute Gasteiger partial charge is 0.261 e. The molecule has 0 bridgehead atoms. The Bertz CT molecular complexity index is 923. The zero-order valence-electron chi connectivity index (χ0n) is 18.3. The molecule has 1 fully saturated rings. The first-order valence-corrected chi connectivity index (χ1v) is 10.1. The largest absolute Gasteiger partial charge is 0.496 e. The number of ether oxygens (including phenoxy) is 4. The van der Waals surface area contributed by atoms with Gasteiger partial charge in [-0.15, -0.1) is 0 Å². The summed E-state index contributed by atoms with van der Waals surface area (Å²) in [6.45, 7) is 1.94. The van der Waals surface area contributed by atoms with Crippen LogP contribution in [0.5, 0.6) is 23.0 Å². The Balaban J connectivity index is 1.75. The molecule has 8 nitrogen and oxygen atoms in total. The second-order valence-corrected chi connectivity index (χ2v) is 7.05. The van der Waals surface area contributed by atoms with Crippen molar-refractivity contribution in [3.05, 3.63) is 47.5 Å². The van der Waals surface area contributed by atoms with Gasteiger partial charge in [0.2, 0.25) is 0 Å². The first-order chi connectivity index (χ1) is 15.0. The van der Waals surface area contributed by atoms with Gasteiger partial charge in [0.05, 0.1) is 28.4 Å². The average Bonchev–Trinajstić information content (AvgIpc) is 3.08. The van der Waals surface area contributed by atoms with Gasteiger partial charge in [0.15, 0.2) is 11.5 Å². The van der Waals surface area contributed by atoms with Crippen LogP contribution in [0.2, 0.25) is 0 Å². The van der Waals surface area contributed by atoms with Crippen molar-refractivity contribution in [2.24, 2.45) is 0 Å². The van der Waals surface area contributed by atoms with E-state index in [2.05, 4.69) is 0 Å². The minimum absolute atomic E-state index is 0.106. The van der Waals surface area contributed by atoms with Crippen molar-refractivity contribution in [1.82, 2.24) is 9.80 Å². The highest BCUT2D eigenvalue weighted by atomic mass is 16.5. The molecule has 1 saturated heterocycles. The van der Waals surface area contributed by atoms with Gasteiger partial charge in [0, 0.05) is 31.7 Å².